The van der Waals surface area contributed by atoms with E-state index in [4.69, 9.17) is 4.74 Å². The first-order valence-electron chi connectivity index (χ1n) is 10.0. The maximum absolute atomic E-state index is 13.2. The minimum atomic E-state index is -0.940. The number of aryl methyl sites for hydroxylation is 1. The van der Waals surface area contributed by atoms with Crippen molar-refractivity contribution in [1.82, 2.24) is 24.6 Å². The molecule has 2 aliphatic rings. The van der Waals surface area contributed by atoms with Crippen molar-refractivity contribution in [3.63, 3.8) is 0 Å². The van der Waals surface area contributed by atoms with Crippen molar-refractivity contribution >= 4 is 5.91 Å². The smallest absolute Gasteiger partial charge is 0.266 e. The van der Waals surface area contributed by atoms with Gasteiger partial charge in [0.2, 0.25) is 0 Å². The van der Waals surface area contributed by atoms with Crippen molar-refractivity contribution in [3.05, 3.63) is 41.5 Å². The molecule has 1 aromatic carbocycles. The number of aromatic nitrogens is 3. The molecule has 0 saturated carbocycles. The van der Waals surface area contributed by atoms with Crippen LogP contribution in [0.5, 0.6) is 5.75 Å². The number of likely N-dealkylation sites (tertiary alicyclic amines) is 1. The van der Waals surface area contributed by atoms with Crippen LogP contribution < -0.4 is 4.74 Å². The average molecular weight is 383 g/mol. The topological polar surface area (TPSA) is 63.5 Å². The minimum Gasteiger partial charge on any atom is -0.478 e. The zero-order chi connectivity index (χ0) is 19.9. The van der Waals surface area contributed by atoms with E-state index < -0.39 is 5.60 Å². The van der Waals surface area contributed by atoms with Crippen LogP contribution in [0.2, 0.25) is 0 Å². The molecule has 28 heavy (non-hydrogen) atoms. The standard InChI is InChI=1S/C21H29N5O2/c1-15-7-5-8-16(13-15)28-21(2,3)20(27)25-11-12-26-18(14-25)22-23-19(26)17-9-6-10-24(17)4/h5,7-8,13,17H,6,9-12,14H2,1-4H3. The van der Waals surface area contributed by atoms with Gasteiger partial charge in [-0.25, -0.2) is 0 Å². The molecule has 1 unspecified atom stereocenters. The second-order valence-electron chi connectivity index (χ2n) is 8.42. The van der Waals surface area contributed by atoms with Gasteiger partial charge >= 0.3 is 0 Å². The lowest BCUT2D eigenvalue weighted by Crippen LogP contribution is -2.51. The normalized spacial score (nSPS) is 20.3. The minimum absolute atomic E-state index is 0.0252. The first kappa shape index (κ1) is 18.9. The van der Waals surface area contributed by atoms with Crippen molar-refractivity contribution in [3.8, 4) is 5.75 Å². The summed E-state index contributed by atoms with van der Waals surface area (Å²) < 4.78 is 8.24. The Morgan fingerprint density at radius 2 is 2.04 bits per heavy atom. The molecular formula is C21H29N5O2. The van der Waals surface area contributed by atoms with Crippen LogP contribution in [0.15, 0.2) is 24.3 Å². The molecule has 3 heterocycles. The van der Waals surface area contributed by atoms with Gasteiger partial charge in [0.15, 0.2) is 17.2 Å². The number of carbonyl (C=O) groups is 1. The molecule has 150 valence electrons. The van der Waals surface area contributed by atoms with Crippen LogP contribution in [0, 0.1) is 6.92 Å². The van der Waals surface area contributed by atoms with Crippen LogP contribution in [-0.2, 0) is 17.9 Å². The monoisotopic (exact) mass is 383 g/mol. The van der Waals surface area contributed by atoms with Crippen LogP contribution in [0.25, 0.3) is 0 Å². The first-order valence-corrected chi connectivity index (χ1v) is 10.0. The fourth-order valence-corrected chi connectivity index (χ4v) is 4.23. The van der Waals surface area contributed by atoms with E-state index in [0.717, 1.165) is 36.7 Å². The molecule has 0 N–H and O–H groups in total. The maximum Gasteiger partial charge on any atom is 0.266 e. The summed E-state index contributed by atoms with van der Waals surface area (Å²) in [5.74, 6) is 2.59. The molecule has 0 spiro atoms. The number of carbonyl (C=O) groups excluding carboxylic acids is 1. The molecule has 0 radical (unpaired) electrons. The highest BCUT2D eigenvalue weighted by Gasteiger charge is 2.37. The third-order valence-corrected chi connectivity index (χ3v) is 5.77. The van der Waals surface area contributed by atoms with Crippen LogP contribution in [0.4, 0.5) is 0 Å². The summed E-state index contributed by atoms with van der Waals surface area (Å²) in [6, 6.07) is 8.13. The summed E-state index contributed by atoms with van der Waals surface area (Å²) in [6.07, 6.45) is 2.31. The van der Waals surface area contributed by atoms with Gasteiger partial charge < -0.3 is 14.2 Å². The highest BCUT2D eigenvalue weighted by atomic mass is 16.5. The molecule has 7 heteroatoms. The highest BCUT2D eigenvalue weighted by molar-refractivity contribution is 5.84. The van der Waals surface area contributed by atoms with E-state index in [-0.39, 0.29) is 5.91 Å². The number of nitrogens with zero attached hydrogens (tertiary/aromatic N) is 5. The van der Waals surface area contributed by atoms with Gasteiger partial charge in [-0.1, -0.05) is 12.1 Å². The zero-order valence-electron chi connectivity index (χ0n) is 17.2. The zero-order valence-corrected chi connectivity index (χ0v) is 17.2. The molecular weight excluding hydrogens is 354 g/mol. The van der Waals surface area contributed by atoms with Crippen LogP contribution in [0.3, 0.4) is 0 Å². The number of hydrogen-bond donors (Lipinski definition) is 0. The second-order valence-corrected chi connectivity index (χ2v) is 8.42. The lowest BCUT2D eigenvalue weighted by molar-refractivity contribution is -0.147. The van der Waals surface area contributed by atoms with Crippen LogP contribution in [-0.4, -0.2) is 56.2 Å². The summed E-state index contributed by atoms with van der Waals surface area (Å²) in [5, 5.41) is 8.86. The Morgan fingerprint density at radius 1 is 1.21 bits per heavy atom. The van der Waals surface area contributed by atoms with Crippen molar-refractivity contribution in [2.45, 2.75) is 58.3 Å². The van der Waals surface area contributed by atoms with E-state index in [1.54, 1.807) is 0 Å². The van der Waals surface area contributed by atoms with Gasteiger partial charge in [0, 0.05) is 13.1 Å². The lowest BCUT2D eigenvalue weighted by atomic mass is 10.1. The molecule has 4 rings (SSSR count). The predicted octanol–water partition coefficient (Wildman–Crippen LogP) is 2.55. The molecule has 2 aromatic rings. The Morgan fingerprint density at radius 3 is 2.75 bits per heavy atom. The molecule has 0 bridgehead atoms. The summed E-state index contributed by atoms with van der Waals surface area (Å²) in [5.41, 5.74) is 0.168. The Kier molecular flexibility index (Phi) is 4.87. The third kappa shape index (κ3) is 3.51. The van der Waals surface area contributed by atoms with Gasteiger partial charge in [0.25, 0.3) is 5.91 Å². The quantitative estimate of drug-likeness (QED) is 0.812. The second kappa shape index (κ2) is 7.20. The van der Waals surface area contributed by atoms with Gasteiger partial charge in [0.1, 0.15) is 5.75 Å². The number of hydrogen-bond acceptors (Lipinski definition) is 5. The molecule has 1 amide bonds. The van der Waals surface area contributed by atoms with E-state index in [9.17, 15) is 4.79 Å². The average Bonchev–Trinajstić information content (AvgIpc) is 3.25. The lowest BCUT2D eigenvalue weighted by Gasteiger charge is -2.35. The Balaban J connectivity index is 1.48. The molecule has 1 fully saturated rings. The van der Waals surface area contributed by atoms with Gasteiger partial charge in [-0.3, -0.25) is 9.69 Å². The number of benzene rings is 1. The van der Waals surface area contributed by atoms with Gasteiger partial charge in [-0.2, -0.15) is 0 Å². The van der Waals surface area contributed by atoms with Crippen molar-refractivity contribution < 1.29 is 9.53 Å². The van der Waals surface area contributed by atoms with E-state index in [1.807, 2.05) is 49.9 Å². The van der Waals surface area contributed by atoms with Gasteiger partial charge in [0.05, 0.1) is 12.6 Å². The Hall–Kier alpha value is -2.41. The van der Waals surface area contributed by atoms with Gasteiger partial charge in [-0.15, -0.1) is 10.2 Å². The molecule has 1 atom stereocenters. The highest BCUT2D eigenvalue weighted by Crippen LogP contribution is 2.31. The third-order valence-electron chi connectivity index (χ3n) is 5.77. The van der Waals surface area contributed by atoms with E-state index >= 15 is 0 Å². The maximum atomic E-state index is 13.2. The van der Waals surface area contributed by atoms with E-state index in [2.05, 4.69) is 26.7 Å². The summed E-state index contributed by atoms with van der Waals surface area (Å²) in [4.78, 5) is 17.3. The molecule has 0 aliphatic carbocycles. The Labute approximate surface area is 166 Å². The number of ether oxygens (including phenoxy) is 1. The SMILES string of the molecule is Cc1cccc(OC(C)(C)C(=O)N2CCn3c(nnc3C3CCCN3C)C2)c1. The summed E-state index contributed by atoms with van der Waals surface area (Å²) in [7, 11) is 2.14. The van der Waals surface area contributed by atoms with Crippen molar-refractivity contribution in [1.29, 1.82) is 0 Å². The summed E-state index contributed by atoms with van der Waals surface area (Å²) in [6.45, 7) is 8.62. The predicted molar refractivity (Wildman–Crippen MR) is 106 cm³/mol. The molecule has 1 saturated heterocycles. The largest absolute Gasteiger partial charge is 0.478 e. The number of fused-ring (bicyclic) bond motifs is 1. The number of amides is 1. The van der Waals surface area contributed by atoms with E-state index in [0.29, 0.717) is 24.9 Å². The van der Waals surface area contributed by atoms with Crippen LogP contribution >= 0.6 is 0 Å². The molecule has 1 aromatic heterocycles. The van der Waals surface area contributed by atoms with Gasteiger partial charge in [-0.05, 0) is 64.9 Å². The Bertz CT molecular complexity index is 875. The fraction of sp³-hybridized carbons (Fsp3) is 0.571. The summed E-state index contributed by atoms with van der Waals surface area (Å²) >= 11 is 0. The fourth-order valence-electron chi connectivity index (χ4n) is 4.23. The van der Waals surface area contributed by atoms with E-state index in [1.165, 1.54) is 6.42 Å². The van der Waals surface area contributed by atoms with Crippen LogP contribution in [0.1, 0.15) is 49.9 Å². The first-order chi connectivity index (χ1) is 13.3. The van der Waals surface area contributed by atoms with Crippen molar-refractivity contribution in [2.24, 2.45) is 0 Å². The molecule has 7 nitrogen and oxygen atoms in total. The van der Waals surface area contributed by atoms with Crippen molar-refractivity contribution in [2.75, 3.05) is 20.1 Å². The number of rotatable bonds is 4. The molecule has 2 aliphatic heterocycles.